The van der Waals surface area contributed by atoms with E-state index in [1.807, 2.05) is 62.4 Å². The van der Waals surface area contributed by atoms with Crippen molar-refractivity contribution in [3.8, 4) is 11.5 Å². The van der Waals surface area contributed by atoms with Crippen molar-refractivity contribution in [1.82, 2.24) is 0 Å². The van der Waals surface area contributed by atoms with E-state index < -0.39 is 6.17 Å². The van der Waals surface area contributed by atoms with Crippen LogP contribution in [-0.4, -0.2) is 17.6 Å². The van der Waals surface area contributed by atoms with Crippen LogP contribution in [0.5, 0.6) is 11.5 Å². The number of anilines is 2. The second kappa shape index (κ2) is 7.27. The SMILES string of the molecule is CCOc1cc([C@H]2Nc3ccccc3C(=O)N2c2cccc(C)c2)ccc1O. The highest BCUT2D eigenvalue weighted by Crippen LogP contribution is 2.39. The fraction of sp³-hybridized carbons (Fsp3) is 0.174. The van der Waals surface area contributed by atoms with Gasteiger partial charge in [0.15, 0.2) is 11.5 Å². The summed E-state index contributed by atoms with van der Waals surface area (Å²) in [6.45, 7) is 4.31. The minimum Gasteiger partial charge on any atom is -0.504 e. The third kappa shape index (κ3) is 3.16. The van der Waals surface area contributed by atoms with Crippen molar-refractivity contribution in [2.45, 2.75) is 20.0 Å². The van der Waals surface area contributed by atoms with Gasteiger partial charge in [-0.2, -0.15) is 0 Å². The normalized spacial score (nSPS) is 15.7. The van der Waals surface area contributed by atoms with Crippen LogP contribution >= 0.6 is 0 Å². The monoisotopic (exact) mass is 374 g/mol. The van der Waals surface area contributed by atoms with Gasteiger partial charge in [0.05, 0.1) is 12.2 Å². The van der Waals surface area contributed by atoms with E-state index >= 15 is 0 Å². The lowest BCUT2D eigenvalue weighted by Gasteiger charge is -2.38. The Kier molecular flexibility index (Phi) is 4.65. The second-order valence-electron chi connectivity index (χ2n) is 6.77. The molecule has 28 heavy (non-hydrogen) atoms. The largest absolute Gasteiger partial charge is 0.504 e. The Morgan fingerprint density at radius 2 is 1.89 bits per heavy atom. The number of aromatic hydroxyl groups is 1. The molecular formula is C23H22N2O3. The van der Waals surface area contributed by atoms with Gasteiger partial charge < -0.3 is 15.2 Å². The van der Waals surface area contributed by atoms with Gasteiger partial charge in [0.25, 0.3) is 5.91 Å². The fourth-order valence-corrected chi connectivity index (χ4v) is 3.50. The molecule has 0 saturated carbocycles. The highest BCUT2D eigenvalue weighted by atomic mass is 16.5. The van der Waals surface area contributed by atoms with Crippen LogP contribution < -0.4 is 15.0 Å². The number of carbonyl (C=O) groups is 1. The number of hydrogen-bond donors (Lipinski definition) is 2. The molecule has 0 saturated heterocycles. The van der Waals surface area contributed by atoms with Gasteiger partial charge in [-0.25, -0.2) is 0 Å². The van der Waals surface area contributed by atoms with E-state index in [-0.39, 0.29) is 11.7 Å². The van der Waals surface area contributed by atoms with Crippen molar-refractivity contribution in [2.75, 3.05) is 16.8 Å². The molecule has 0 fully saturated rings. The first-order valence-electron chi connectivity index (χ1n) is 9.30. The molecule has 0 unspecified atom stereocenters. The van der Waals surface area contributed by atoms with E-state index in [4.69, 9.17) is 4.74 Å². The second-order valence-corrected chi connectivity index (χ2v) is 6.77. The number of fused-ring (bicyclic) bond motifs is 1. The van der Waals surface area contributed by atoms with Gasteiger partial charge in [0.2, 0.25) is 0 Å². The van der Waals surface area contributed by atoms with Crippen LogP contribution in [0.2, 0.25) is 0 Å². The first-order chi connectivity index (χ1) is 13.6. The van der Waals surface area contributed by atoms with Crippen LogP contribution in [0.3, 0.4) is 0 Å². The lowest BCUT2D eigenvalue weighted by Crippen LogP contribution is -2.43. The number of aryl methyl sites for hydroxylation is 1. The molecular weight excluding hydrogens is 352 g/mol. The molecule has 1 heterocycles. The average molecular weight is 374 g/mol. The van der Waals surface area contributed by atoms with Crippen LogP contribution in [0.4, 0.5) is 11.4 Å². The number of amides is 1. The van der Waals surface area contributed by atoms with Gasteiger partial charge in [-0.15, -0.1) is 0 Å². The van der Waals surface area contributed by atoms with E-state index in [0.717, 1.165) is 22.5 Å². The number of phenols is 1. The van der Waals surface area contributed by atoms with Crippen molar-refractivity contribution in [1.29, 1.82) is 0 Å². The summed E-state index contributed by atoms with van der Waals surface area (Å²) in [5, 5.41) is 13.5. The molecule has 0 aromatic heterocycles. The Bertz CT molecular complexity index is 1030. The topological polar surface area (TPSA) is 61.8 Å². The summed E-state index contributed by atoms with van der Waals surface area (Å²) in [7, 11) is 0. The minimum absolute atomic E-state index is 0.0732. The van der Waals surface area contributed by atoms with Crippen molar-refractivity contribution in [3.05, 3.63) is 83.4 Å². The van der Waals surface area contributed by atoms with E-state index in [1.54, 1.807) is 23.1 Å². The standard InChI is InChI=1S/C23H22N2O3/c1-3-28-21-14-16(11-12-20(21)26)22-24-19-10-5-4-9-18(19)23(27)25(22)17-8-6-7-15(2)13-17/h4-14,22,24,26H,3H2,1-2H3/t22-/m0/s1. The highest BCUT2D eigenvalue weighted by molar-refractivity contribution is 6.12. The molecule has 1 atom stereocenters. The Morgan fingerprint density at radius 1 is 1.07 bits per heavy atom. The Balaban J connectivity index is 1.85. The van der Waals surface area contributed by atoms with Gasteiger partial charge in [0.1, 0.15) is 6.17 Å². The summed E-state index contributed by atoms with van der Waals surface area (Å²) < 4.78 is 5.54. The maximum absolute atomic E-state index is 13.4. The van der Waals surface area contributed by atoms with Gasteiger partial charge in [0, 0.05) is 11.4 Å². The number of ether oxygens (including phenoxy) is 1. The summed E-state index contributed by atoms with van der Waals surface area (Å²) in [6, 6.07) is 20.5. The number of para-hydroxylation sites is 1. The fourth-order valence-electron chi connectivity index (χ4n) is 3.50. The third-order valence-electron chi connectivity index (χ3n) is 4.81. The van der Waals surface area contributed by atoms with E-state index in [0.29, 0.717) is 17.9 Å². The molecule has 5 nitrogen and oxygen atoms in total. The molecule has 0 radical (unpaired) electrons. The Morgan fingerprint density at radius 3 is 2.68 bits per heavy atom. The first kappa shape index (κ1) is 17.9. The number of benzene rings is 3. The first-order valence-corrected chi connectivity index (χ1v) is 9.30. The molecule has 5 heteroatoms. The van der Waals surface area contributed by atoms with Crippen molar-refractivity contribution < 1.29 is 14.6 Å². The zero-order chi connectivity index (χ0) is 19.7. The van der Waals surface area contributed by atoms with Crippen molar-refractivity contribution in [2.24, 2.45) is 0 Å². The van der Waals surface area contributed by atoms with Gasteiger partial charge >= 0.3 is 0 Å². The summed E-state index contributed by atoms with van der Waals surface area (Å²) >= 11 is 0. The molecule has 1 amide bonds. The molecule has 4 rings (SSSR count). The lowest BCUT2D eigenvalue weighted by molar-refractivity contribution is 0.0975. The zero-order valence-electron chi connectivity index (χ0n) is 15.8. The van der Waals surface area contributed by atoms with E-state index in [9.17, 15) is 9.90 Å². The molecule has 3 aromatic rings. The van der Waals surface area contributed by atoms with Crippen LogP contribution in [0, 0.1) is 6.92 Å². The minimum atomic E-state index is -0.427. The molecule has 1 aliphatic heterocycles. The smallest absolute Gasteiger partial charge is 0.262 e. The van der Waals surface area contributed by atoms with Gasteiger partial charge in [-0.3, -0.25) is 9.69 Å². The number of rotatable bonds is 4. The number of phenolic OH excluding ortho intramolecular Hbond substituents is 1. The number of nitrogens with zero attached hydrogens (tertiary/aromatic N) is 1. The number of hydrogen-bond acceptors (Lipinski definition) is 4. The number of nitrogens with one attached hydrogen (secondary N) is 1. The quantitative estimate of drug-likeness (QED) is 0.684. The van der Waals surface area contributed by atoms with Crippen LogP contribution in [0.15, 0.2) is 66.7 Å². The van der Waals surface area contributed by atoms with Crippen molar-refractivity contribution in [3.63, 3.8) is 0 Å². The predicted molar refractivity (Wildman–Crippen MR) is 110 cm³/mol. The molecule has 142 valence electrons. The van der Waals surface area contributed by atoms with Crippen LogP contribution in [0.25, 0.3) is 0 Å². The summed E-state index contributed by atoms with van der Waals surface area (Å²) in [4.78, 5) is 15.1. The Labute approximate surface area is 164 Å². The van der Waals surface area contributed by atoms with Crippen molar-refractivity contribution >= 4 is 17.3 Å². The third-order valence-corrected chi connectivity index (χ3v) is 4.81. The summed E-state index contributed by atoms with van der Waals surface area (Å²) in [5.74, 6) is 0.406. The van der Waals surface area contributed by atoms with Crippen LogP contribution in [0.1, 0.15) is 34.6 Å². The summed E-state index contributed by atoms with van der Waals surface area (Å²) in [5.41, 5.74) is 4.12. The van der Waals surface area contributed by atoms with Gasteiger partial charge in [-0.05, 0) is 61.4 Å². The molecule has 0 bridgehead atoms. The number of carbonyl (C=O) groups excluding carboxylic acids is 1. The van der Waals surface area contributed by atoms with E-state index in [1.165, 1.54) is 0 Å². The highest BCUT2D eigenvalue weighted by Gasteiger charge is 2.34. The molecule has 3 aromatic carbocycles. The maximum Gasteiger partial charge on any atom is 0.262 e. The van der Waals surface area contributed by atoms with Gasteiger partial charge in [-0.1, -0.05) is 30.3 Å². The molecule has 0 aliphatic carbocycles. The molecule has 1 aliphatic rings. The maximum atomic E-state index is 13.4. The summed E-state index contributed by atoms with van der Waals surface area (Å²) in [6.07, 6.45) is -0.427. The Hall–Kier alpha value is -3.47. The zero-order valence-corrected chi connectivity index (χ0v) is 15.8. The van der Waals surface area contributed by atoms with Crippen LogP contribution in [-0.2, 0) is 0 Å². The molecule has 0 spiro atoms. The lowest BCUT2D eigenvalue weighted by atomic mass is 10.0. The predicted octanol–water partition coefficient (Wildman–Crippen LogP) is 4.87. The van der Waals surface area contributed by atoms with E-state index in [2.05, 4.69) is 5.32 Å². The average Bonchev–Trinajstić information content (AvgIpc) is 2.70. The molecule has 2 N–H and O–H groups in total.